The fraction of sp³-hybridized carbons (Fsp3) is 0.333. The van der Waals surface area contributed by atoms with Crippen molar-refractivity contribution in [2.24, 2.45) is 0 Å². The zero-order chi connectivity index (χ0) is 12.0. The number of esters is 1. The van der Waals surface area contributed by atoms with Gasteiger partial charge in [0, 0.05) is 11.8 Å². The molecule has 0 unspecified atom stereocenters. The maximum absolute atomic E-state index is 11.3. The Kier molecular flexibility index (Phi) is 5.19. The maximum Gasteiger partial charge on any atom is 0.337 e. The lowest BCUT2D eigenvalue weighted by Crippen LogP contribution is -2.03. The zero-order valence-electron chi connectivity index (χ0n) is 9.03. The van der Waals surface area contributed by atoms with E-state index in [9.17, 15) is 9.59 Å². The molecular formula is C12H13BrO3. The number of hydrogen-bond donors (Lipinski definition) is 0. The van der Waals surface area contributed by atoms with E-state index < -0.39 is 0 Å². The molecule has 0 atom stereocenters. The number of halogens is 1. The van der Waals surface area contributed by atoms with Crippen molar-refractivity contribution in [3.63, 3.8) is 0 Å². The van der Waals surface area contributed by atoms with Crippen LogP contribution in [0.5, 0.6) is 0 Å². The Morgan fingerprint density at radius 3 is 2.75 bits per heavy atom. The molecule has 0 heterocycles. The van der Waals surface area contributed by atoms with E-state index in [0.29, 0.717) is 23.7 Å². The minimum atomic E-state index is -0.343. The number of benzene rings is 1. The molecule has 1 rings (SSSR count). The van der Waals surface area contributed by atoms with Gasteiger partial charge in [0.1, 0.15) is 6.29 Å². The monoisotopic (exact) mass is 284 g/mol. The van der Waals surface area contributed by atoms with Crippen molar-refractivity contribution >= 4 is 28.2 Å². The summed E-state index contributed by atoms with van der Waals surface area (Å²) in [7, 11) is 1.36. The number of methoxy groups -OCH3 is 1. The van der Waals surface area contributed by atoms with E-state index in [0.717, 1.165) is 17.4 Å². The van der Waals surface area contributed by atoms with Crippen molar-refractivity contribution in [2.75, 3.05) is 7.11 Å². The quantitative estimate of drug-likeness (QED) is 0.474. The van der Waals surface area contributed by atoms with Gasteiger partial charge in [-0.2, -0.15) is 0 Å². The fourth-order valence-electron chi connectivity index (χ4n) is 1.45. The van der Waals surface area contributed by atoms with Gasteiger partial charge < -0.3 is 9.53 Å². The van der Waals surface area contributed by atoms with Crippen LogP contribution >= 0.6 is 15.9 Å². The third-order valence-corrected chi connectivity index (χ3v) is 2.91. The Morgan fingerprint density at radius 1 is 1.44 bits per heavy atom. The third-order valence-electron chi connectivity index (χ3n) is 2.30. The molecule has 86 valence electrons. The van der Waals surface area contributed by atoms with Crippen LogP contribution in [0.3, 0.4) is 0 Å². The second-order valence-corrected chi connectivity index (χ2v) is 3.87. The molecular weight excluding hydrogens is 272 g/mol. The van der Waals surface area contributed by atoms with Gasteiger partial charge in [0.05, 0.1) is 12.7 Å². The van der Waals surface area contributed by atoms with Gasteiger partial charge in [-0.25, -0.2) is 4.79 Å². The van der Waals surface area contributed by atoms with Crippen LogP contribution in [-0.4, -0.2) is 19.4 Å². The smallest absolute Gasteiger partial charge is 0.337 e. The first-order valence-electron chi connectivity index (χ1n) is 4.92. The van der Waals surface area contributed by atoms with Gasteiger partial charge in [0.15, 0.2) is 0 Å². The SMILES string of the molecule is COC(=O)c1ccc(CCC=O)c(CBr)c1. The molecule has 16 heavy (non-hydrogen) atoms. The molecule has 4 heteroatoms. The molecule has 0 aliphatic rings. The molecule has 0 saturated heterocycles. The molecule has 3 nitrogen and oxygen atoms in total. The highest BCUT2D eigenvalue weighted by Crippen LogP contribution is 2.17. The molecule has 0 N–H and O–H groups in total. The Balaban J connectivity index is 2.96. The van der Waals surface area contributed by atoms with Crippen molar-refractivity contribution in [1.29, 1.82) is 0 Å². The van der Waals surface area contributed by atoms with Gasteiger partial charge >= 0.3 is 5.97 Å². The molecule has 0 bridgehead atoms. The molecule has 0 aromatic heterocycles. The van der Waals surface area contributed by atoms with Crippen LogP contribution in [0, 0.1) is 0 Å². The van der Waals surface area contributed by atoms with Crippen LogP contribution in [0.1, 0.15) is 27.9 Å². The Labute approximate surface area is 103 Å². The fourth-order valence-corrected chi connectivity index (χ4v) is 1.98. The zero-order valence-corrected chi connectivity index (χ0v) is 10.6. The highest BCUT2D eigenvalue weighted by Gasteiger charge is 2.08. The second kappa shape index (κ2) is 6.43. The molecule has 0 spiro atoms. The predicted octanol–water partition coefficient (Wildman–Crippen LogP) is 2.50. The summed E-state index contributed by atoms with van der Waals surface area (Å²) in [6.45, 7) is 0. The van der Waals surface area contributed by atoms with Crippen LogP contribution in [0.4, 0.5) is 0 Å². The van der Waals surface area contributed by atoms with Crippen LogP contribution in [-0.2, 0) is 21.3 Å². The number of hydrogen-bond acceptors (Lipinski definition) is 3. The lowest BCUT2D eigenvalue weighted by atomic mass is 10.0. The lowest BCUT2D eigenvalue weighted by Gasteiger charge is -2.07. The van der Waals surface area contributed by atoms with Gasteiger partial charge in [0.2, 0.25) is 0 Å². The summed E-state index contributed by atoms with van der Waals surface area (Å²) in [4.78, 5) is 21.6. The molecule has 0 radical (unpaired) electrons. The first kappa shape index (κ1) is 12.9. The van der Waals surface area contributed by atoms with Crippen molar-refractivity contribution in [1.82, 2.24) is 0 Å². The van der Waals surface area contributed by atoms with Crippen LogP contribution < -0.4 is 0 Å². The minimum absolute atomic E-state index is 0.343. The van der Waals surface area contributed by atoms with Gasteiger partial charge in [-0.3, -0.25) is 0 Å². The summed E-state index contributed by atoms with van der Waals surface area (Å²) in [5, 5.41) is 0.659. The molecule has 0 fully saturated rings. The number of carbonyl (C=O) groups is 2. The Bertz CT molecular complexity index is 388. The Hall–Kier alpha value is -1.16. The molecule has 1 aromatic carbocycles. The van der Waals surface area contributed by atoms with Gasteiger partial charge in [-0.15, -0.1) is 0 Å². The summed E-state index contributed by atoms with van der Waals surface area (Å²) in [6, 6.07) is 5.38. The first-order chi connectivity index (χ1) is 7.72. The highest BCUT2D eigenvalue weighted by molar-refractivity contribution is 9.08. The minimum Gasteiger partial charge on any atom is -0.465 e. The summed E-state index contributed by atoms with van der Waals surface area (Å²) in [5.41, 5.74) is 2.63. The topological polar surface area (TPSA) is 43.4 Å². The van der Waals surface area contributed by atoms with Crippen molar-refractivity contribution in [3.05, 3.63) is 34.9 Å². The number of ether oxygens (including phenoxy) is 1. The van der Waals surface area contributed by atoms with Crippen LogP contribution in [0.2, 0.25) is 0 Å². The molecule has 0 aliphatic carbocycles. The largest absolute Gasteiger partial charge is 0.465 e. The lowest BCUT2D eigenvalue weighted by molar-refractivity contribution is -0.107. The number of rotatable bonds is 5. The van der Waals surface area contributed by atoms with E-state index in [1.807, 2.05) is 6.07 Å². The van der Waals surface area contributed by atoms with Gasteiger partial charge in [-0.05, 0) is 29.7 Å². The van der Waals surface area contributed by atoms with Gasteiger partial charge in [0.25, 0.3) is 0 Å². The van der Waals surface area contributed by atoms with E-state index in [2.05, 4.69) is 20.7 Å². The molecule has 0 amide bonds. The van der Waals surface area contributed by atoms with Crippen LogP contribution in [0.15, 0.2) is 18.2 Å². The van der Waals surface area contributed by atoms with Crippen LogP contribution in [0.25, 0.3) is 0 Å². The summed E-state index contributed by atoms with van der Waals surface area (Å²) < 4.78 is 4.65. The average Bonchev–Trinajstić information content (AvgIpc) is 2.35. The van der Waals surface area contributed by atoms with E-state index in [1.54, 1.807) is 12.1 Å². The number of aryl methyl sites for hydroxylation is 1. The van der Waals surface area contributed by atoms with E-state index in [-0.39, 0.29) is 5.97 Å². The van der Waals surface area contributed by atoms with E-state index in [1.165, 1.54) is 7.11 Å². The Morgan fingerprint density at radius 2 is 2.19 bits per heavy atom. The van der Waals surface area contributed by atoms with Crippen molar-refractivity contribution < 1.29 is 14.3 Å². The van der Waals surface area contributed by atoms with E-state index in [4.69, 9.17) is 0 Å². The second-order valence-electron chi connectivity index (χ2n) is 3.31. The van der Waals surface area contributed by atoms with Crippen molar-refractivity contribution in [3.8, 4) is 0 Å². The normalized spacial score (nSPS) is 9.88. The average molecular weight is 285 g/mol. The first-order valence-corrected chi connectivity index (χ1v) is 6.04. The number of carbonyl (C=O) groups excluding carboxylic acids is 2. The van der Waals surface area contributed by atoms with E-state index >= 15 is 0 Å². The molecule has 1 aromatic rings. The number of alkyl halides is 1. The summed E-state index contributed by atoms with van der Waals surface area (Å²) in [5.74, 6) is -0.343. The summed E-state index contributed by atoms with van der Waals surface area (Å²) >= 11 is 3.37. The molecule has 0 saturated carbocycles. The van der Waals surface area contributed by atoms with Crippen molar-refractivity contribution in [2.45, 2.75) is 18.2 Å². The maximum atomic E-state index is 11.3. The van der Waals surface area contributed by atoms with Gasteiger partial charge in [-0.1, -0.05) is 22.0 Å². The standard InChI is InChI=1S/C12H13BrO3/c1-16-12(15)10-5-4-9(3-2-6-14)11(7-10)8-13/h4-7H,2-3,8H2,1H3. The number of aldehydes is 1. The predicted molar refractivity (Wildman–Crippen MR) is 64.8 cm³/mol. The molecule has 0 aliphatic heterocycles. The highest BCUT2D eigenvalue weighted by atomic mass is 79.9. The summed E-state index contributed by atoms with van der Waals surface area (Å²) in [6.07, 6.45) is 2.09. The third kappa shape index (κ3) is 3.17.